The van der Waals surface area contributed by atoms with Crippen LogP contribution < -0.4 is 4.74 Å². The molecule has 0 spiro atoms. The second kappa shape index (κ2) is 5.87. The summed E-state index contributed by atoms with van der Waals surface area (Å²) in [6, 6.07) is 7.33. The van der Waals surface area contributed by atoms with E-state index in [9.17, 15) is 13.6 Å². The van der Waals surface area contributed by atoms with Crippen LogP contribution in [0.5, 0.6) is 5.75 Å². The van der Waals surface area contributed by atoms with Crippen LogP contribution in [0.1, 0.15) is 41.6 Å². The third-order valence-electron chi connectivity index (χ3n) is 3.84. The summed E-state index contributed by atoms with van der Waals surface area (Å²) in [5, 5.41) is 0. The zero-order chi connectivity index (χ0) is 15.7. The van der Waals surface area contributed by atoms with Crippen LogP contribution in [0, 0.1) is 11.6 Å². The lowest BCUT2D eigenvalue weighted by atomic mass is 9.93. The molecular formula is C18H16F2O2. The van der Waals surface area contributed by atoms with Crippen molar-refractivity contribution in [3.63, 3.8) is 0 Å². The number of hydrogen-bond acceptors (Lipinski definition) is 2. The summed E-state index contributed by atoms with van der Waals surface area (Å²) in [6.45, 7) is 2.23. The predicted molar refractivity (Wildman–Crippen MR) is 80.3 cm³/mol. The molecule has 0 radical (unpaired) electrons. The number of rotatable bonds is 5. The average molecular weight is 302 g/mol. The number of carbonyl (C=O) groups is 1. The van der Waals surface area contributed by atoms with Crippen molar-refractivity contribution in [3.05, 3.63) is 53.1 Å². The van der Waals surface area contributed by atoms with Crippen LogP contribution in [0.3, 0.4) is 0 Å². The van der Waals surface area contributed by atoms with Crippen LogP contribution in [-0.4, -0.2) is 12.9 Å². The highest BCUT2D eigenvalue weighted by atomic mass is 19.1. The van der Waals surface area contributed by atoms with E-state index in [0.29, 0.717) is 35.3 Å². The summed E-state index contributed by atoms with van der Waals surface area (Å²) in [4.78, 5) is 11.1. The normalized spacial score (nSPS) is 14.0. The molecule has 1 fully saturated rings. The molecule has 1 aliphatic carbocycles. The minimum absolute atomic E-state index is 0.0104. The molecule has 2 aromatic carbocycles. The van der Waals surface area contributed by atoms with Crippen LogP contribution in [0.25, 0.3) is 11.1 Å². The van der Waals surface area contributed by atoms with Gasteiger partial charge in [0.1, 0.15) is 17.4 Å². The van der Waals surface area contributed by atoms with Gasteiger partial charge in [-0.25, -0.2) is 8.78 Å². The summed E-state index contributed by atoms with van der Waals surface area (Å²) in [5.74, 6) is -0.265. The van der Waals surface area contributed by atoms with Crippen molar-refractivity contribution in [2.75, 3.05) is 6.61 Å². The third-order valence-corrected chi connectivity index (χ3v) is 3.84. The molecule has 0 unspecified atom stereocenters. The smallest absolute Gasteiger partial charge is 0.153 e. The minimum atomic E-state index is -0.486. The Morgan fingerprint density at radius 1 is 1.23 bits per heavy atom. The van der Waals surface area contributed by atoms with Crippen molar-refractivity contribution >= 4 is 6.29 Å². The Kier molecular flexibility index (Phi) is 3.92. The fourth-order valence-corrected chi connectivity index (χ4v) is 2.70. The molecule has 2 aromatic rings. The quantitative estimate of drug-likeness (QED) is 0.747. The third kappa shape index (κ3) is 2.61. The fourth-order valence-electron chi connectivity index (χ4n) is 2.70. The second-order valence-electron chi connectivity index (χ2n) is 5.40. The van der Waals surface area contributed by atoms with E-state index >= 15 is 0 Å². The van der Waals surface area contributed by atoms with Crippen molar-refractivity contribution in [2.45, 2.75) is 25.7 Å². The van der Waals surface area contributed by atoms with E-state index in [4.69, 9.17) is 4.74 Å². The predicted octanol–water partition coefficient (Wildman–Crippen LogP) is 4.72. The molecule has 0 saturated heterocycles. The number of aldehydes is 1. The molecule has 22 heavy (non-hydrogen) atoms. The number of carbonyl (C=O) groups excluding carboxylic acids is 1. The molecule has 0 aliphatic heterocycles. The Balaban J connectivity index is 2.26. The molecule has 1 aliphatic rings. The molecule has 0 atom stereocenters. The van der Waals surface area contributed by atoms with Gasteiger partial charge in [-0.3, -0.25) is 4.79 Å². The van der Waals surface area contributed by atoms with Gasteiger partial charge in [-0.1, -0.05) is 12.1 Å². The zero-order valence-corrected chi connectivity index (χ0v) is 12.2. The number of benzene rings is 2. The zero-order valence-electron chi connectivity index (χ0n) is 12.2. The van der Waals surface area contributed by atoms with Gasteiger partial charge in [0.2, 0.25) is 0 Å². The molecule has 2 nitrogen and oxygen atoms in total. The Morgan fingerprint density at radius 3 is 2.45 bits per heavy atom. The standard InChI is InChI=1S/C18H16F2O2/c1-2-22-15-9-13(10-21)18(20)17(12-3-4-12)16(15)11-5-7-14(19)8-6-11/h5-10,12H,2-4H2,1H3. The number of halogens is 2. The Hall–Kier alpha value is -2.23. The molecular weight excluding hydrogens is 286 g/mol. The van der Waals surface area contributed by atoms with E-state index in [1.807, 2.05) is 6.92 Å². The molecule has 4 heteroatoms. The lowest BCUT2D eigenvalue weighted by molar-refractivity contribution is 0.111. The van der Waals surface area contributed by atoms with Gasteiger partial charge < -0.3 is 4.74 Å². The SMILES string of the molecule is CCOc1cc(C=O)c(F)c(C2CC2)c1-c1ccc(F)cc1. The van der Waals surface area contributed by atoms with Gasteiger partial charge >= 0.3 is 0 Å². The Bertz CT molecular complexity index is 704. The summed E-state index contributed by atoms with van der Waals surface area (Å²) < 4.78 is 33.4. The molecule has 0 heterocycles. The van der Waals surface area contributed by atoms with Crippen molar-refractivity contribution in [3.8, 4) is 16.9 Å². The van der Waals surface area contributed by atoms with E-state index < -0.39 is 5.82 Å². The lowest BCUT2D eigenvalue weighted by Gasteiger charge is -2.17. The maximum absolute atomic E-state index is 14.6. The van der Waals surface area contributed by atoms with Crippen molar-refractivity contribution in [2.24, 2.45) is 0 Å². The van der Waals surface area contributed by atoms with Gasteiger partial charge in [0.25, 0.3) is 0 Å². The molecule has 0 amide bonds. The Morgan fingerprint density at radius 2 is 1.91 bits per heavy atom. The van der Waals surface area contributed by atoms with Crippen LogP contribution >= 0.6 is 0 Å². The van der Waals surface area contributed by atoms with E-state index in [0.717, 1.165) is 12.8 Å². The molecule has 0 aromatic heterocycles. The number of hydrogen-bond donors (Lipinski definition) is 0. The van der Waals surface area contributed by atoms with Crippen molar-refractivity contribution in [1.82, 2.24) is 0 Å². The molecule has 114 valence electrons. The van der Waals surface area contributed by atoms with E-state index in [-0.39, 0.29) is 17.3 Å². The molecule has 3 rings (SSSR count). The maximum Gasteiger partial charge on any atom is 0.153 e. The van der Waals surface area contributed by atoms with Gasteiger partial charge in [0, 0.05) is 11.1 Å². The van der Waals surface area contributed by atoms with Gasteiger partial charge in [-0.05, 0) is 49.4 Å². The fraction of sp³-hybridized carbons (Fsp3) is 0.278. The van der Waals surface area contributed by atoms with Crippen LogP contribution in [0.15, 0.2) is 30.3 Å². The lowest BCUT2D eigenvalue weighted by Crippen LogP contribution is -2.03. The average Bonchev–Trinajstić information content (AvgIpc) is 3.34. The van der Waals surface area contributed by atoms with E-state index in [1.165, 1.54) is 18.2 Å². The maximum atomic E-state index is 14.6. The van der Waals surface area contributed by atoms with Gasteiger partial charge in [-0.15, -0.1) is 0 Å². The van der Waals surface area contributed by atoms with Gasteiger partial charge in [-0.2, -0.15) is 0 Å². The molecule has 0 bridgehead atoms. The van der Waals surface area contributed by atoms with E-state index in [2.05, 4.69) is 0 Å². The van der Waals surface area contributed by atoms with Gasteiger partial charge in [0.05, 0.1) is 12.2 Å². The first kappa shape index (κ1) is 14.7. The van der Waals surface area contributed by atoms with Gasteiger partial charge in [0.15, 0.2) is 6.29 Å². The van der Waals surface area contributed by atoms with Crippen LogP contribution in [-0.2, 0) is 0 Å². The molecule has 1 saturated carbocycles. The van der Waals surface area contributed by atoms with Crippen molar-refractivity contribution < 1.29 is 18.3 Å². The molecule has 0 N–H and O–H groups in total. The van der Waals surface area contributed by atoms with E-state index in [1.54, 1.807) is 12.1 Å². The first-order valence-electron chi connectivity index (χ1n) is 7.36. The minimum Gasteiger partial charge on any atom is -0.493 e. The monoisotopic (exact) mass is 302 g/mol. The first-order valence-corrected chi connectivity index (χ1v) is 7.36. The largest absolute Gasteiger partial charge is 0.493 e. The summed E-state index contributed by atoms with van der Waals surface area (Å²) in [5.41, 5.74) is 1.85. The van der Waals surface area contributed by atoms with Crippen LogP contribution in [0.2, 0.25) is 0 Å². The number of ether oxygens (including phenoxy) is 1. The first-order chi connectivity index (χ1) is 10.7. The Labute approximate surface area is 127 Å². The highest BCUT2D eigenvalue weighted by Gasteiger charge is 2.33. The highest BCUT2D eigenvalue weighted by molar-refractivity contribution is 5.84. The highest BCUT2D eigenvalue weighted by Crippen LogP contribution is 2.49. The topological polar surface area (TPSA) is 26.3 Å². The van der Waals surface area contributed by atoms with Crippen LogP contribution in [0.4, 0.5) is 8.78 Å². The summed E-state index contributed by atoms with van der Waals surface area (Å²) >= 11 is 0. The summed E-state index contributed by atoms with van der Waals surface area (Å²) in [6.07, 6.45) is 2.29. The summed E-state index contributed by atoms with van der Waals surface area (Å²) in [7, 11) is 0. The second-order valence-corrected chi connectivity index (χ2v) is 5.40. The van der Waals surface area contributed by atoms with Crippen molar-refractivity contribution in [1.29, 1.82) is 0 Å².